The molecule has 0 radical (unpaired) electrons. The van der Waals surface area contributed by atoms with Crippen LogP contribution in [-0.4, -0.2) is 29.5 Å². The lowest BCUT2D eigenvalue weighted by Gasteiger charge is -2.31. The predicted octanol–water partition coefficient (Wildman–Crippen LogP) is 4.71. The Morgan fingerprint density at radius 3 is 2.39 bits per heavy atom. The van der Waals surface area contributed by atoms with E-state index in [9.17, 15) is 9.59 Å². The number of amides is 2. The van der Waals surface area contributed by atoms with Crippen LogP contribution in [0.2, 0.25) is 0 Å². The van der Waals surface area contributed by atoms with E-state index in [1.165, 1.54) is 0 Å². The number of nitrogens with zero attached hydrogens (tertiary/aromatic N) is 1. The van der Waals surface area contributed by atoms with Gasteiger partial charge in [0.1, 0.15) is 6.04 Å². The summed E-state index contributed by atoms with van der Waals surface area (Å²) in [6.45, 7) is 4.47. The molecule has 3 aromatic carbocycles. The molecule has 0 fully saturated rings. The molecule has 1 unspecified atom stereocenters. The zero-order valence-corrected chi connectivity index (χ0v) is 18.9. The van der Waals surface area contributed by atoms with E-state index >= 15 is 0 Å². The van der Waals surface area contributed by atoms with Crippen molar-refractivity contribution in [1.82, 2.24) is 4.90 Å². The number of ether oxygens (including phenoxy) is 2. The van der Waals surface area contributed by atoms with Gasteiger partial charge in [0.05, 0.1) is 6.42 Å². The van der Waals surface area contributed by atoms with Crippen molar-refractivity contribution in [3.63, 3.8) is 0 Å². The van der Waals surface area contributed by atoms with Crippen LogP contribution in [0.15, 0.2) is 72.8 Å². The summed E-state index contributed by atoms with van der Waals surface area (Å²) in [6.07, 6.45) is 0.725. The van der Waals surface area contributed by atoms with Crippen molar-refractivity contribution in [1.29, 1.82) is 0 Å². The number of carbonyl (C=O) groups excluding carboxylic acids is 2. The monoisotopic (exact) mass is 444 g/mol. The highest BCUT2D eigenvalue weighted by molar-refractivity contribution is 5.97. The minimum Gasteiger partial charge on any atom is -0.454 e. The van der Waals surface area contributed by atoms with Gasteiger partial charge in [-0.05, 0) is 36.6 Å². The SMILES string of the molecule is CCC(C(=O)Nc1ccc2c(c1)OCO2)N(Cc1ccc(C)cc1)C(=O)Cc1ccccc1. The van der Waals surface area contributed by atoms with Gasteiger partial charge in [-0.1, -0.05) is 67.1 Å². The fourth-order valence-corrected chi connectivity index (χ4v) is 3.88. The van der Waals surface area contributed by atoms with Crippen LogP contribution in [0.5, 0.6) is 11.5 Å². The Morgan fingerprint density at radius 1 is 0.939 bits per heavy atom. The molecule has 2 amide bonds. The van der Waals surface area contributed by atoms with E-state index in [0.717, 1.165) is 16.7 Å². The van der Waals surface area contributed by atoms with Crippen molar-refractivity contribution < 1.29 is 19.1 Å². The lowest BCUT2D eigenvalue weighted by atomic mass is 10.1. The maximum atomic E-state index is 13.4. The average molecular weight is 445 g/mol. The fourth-order valence-electron chi connectivity index (χ4n) is 3.88. The predicted molar refractivity (Wildman–Crippen MR) is 127 cm³/mol. The Kier molecular flexibility index (Phi) is 6.93. The van der Waals surface area contributed by atoms with Crippen molar-refractivity contribution in [3.05, 3.63) is 89.5 Å². The molecule has 3 aromatic rings. The van der Waals surface area contributed by atoms with Crippen molar-refractivity contribution in [3.8, 4) is 11.5 Å². The quantitative estimate of drug-likeness (QED) is 0.546. The smallest absolute Gasteiger partial charge is 0.247 e. The summed E-state index contributed by atoms with van der Waals surface area (Å²) in [5.74, 6) is 0.927. The molecule has 33 heavy (non-hydrogen) atoms. The molecule has 1 N–H and O–H groups in total. The van der Waals surface area contributed by atoms with Gasteiger partial charge in [0, 0.05) is 18.3 Å². The number of hydrogen-bond donors (Lipinski definition) is 1. The van der Waals surface area contributed by atoms with Crippen molar-refractivity contribution in [2.24, 2.45) is 0 Å². The third kappa shape index (κ3) is 5.52. The summed E-state index contributed by atoms with van der Waals surface area (Å²) in [6, 6.07) is 22.3. The van der Waals surface area contributed by atoms with Gasteiger partial charge in [-0.2, -0.15) is 0 Å². The van der Waals surface area contributed by atoms with Crippen LogP contribution in [0.4, 0.5) is 5.69 Å². The first-order chi connectivity index (χ1) is 16.0. The summed E-state index contributed by atoms with van der Waals surface area (Å²) >= 11 is 0. The maximum Gasteiger partial charge on any atom is 0.247 e. The third-order valence-electron chi connectivity index (χ3n) is 5.70. The molecule has 170 valence electrons. The second-order valence-electron chi connectivity index (χ2n) is 8.15. The largest absolute Gasteiger partial charge is 0.454 e. The highest BCUT2D eigenvalue weighted by Crippen LogP contribution is 2.34. The molecule has 1 aliphatic rings. The van der Waals surface area contributed by atoms with Gasteiger partial charge >= 0.3 is 0 Å². The highest BCUT2D eigenvalue weighted by Gasteiger charge is 2.29. The first kappa shape index (κ1) is 22.4. The van der Waals surface area contributed by atoms with Crippen LogP contribution < -0.4 is 14.8 Å². The minimum absolute atomic E-state index is 0.0885. The molecule has 1 heterocycles. The number of benzene rings is 3. The van der Waals surface area contributed by atoms with Gasteiger partial charge in [0.25, 0.3) is 0 Å². The Morgan fingerprint density at radius 2 is 1.67 bits per heavy atom. The molecule has 0 bridgehead atoms. The molecule has 1 aliphatic heterocycles. The molecule has 6 nitrogen and oxygen atoms in total. The topological polar surface area (TPSA) is 67.9 Å². The van der Waals surface area contributed by atoms with E-state index in [-0.39, 0.29) is 25.0 Å². The number of fused-ring (bicyclic) bond motifs is 1. The van der Waals surface area contributed by atoms with E-state index in [0.29, 0.717) is 30.2 Å². The third-order valence-corrected chi connectivity index (χ3v) is 5.70. The number of rotatable bonds is 8. The van der Waals surface area contributed by atoms with Crippen molar-refractivity contribution in [2.75, 3.05) is 12.1 Å². The van der Waals surface area contributed by atoms with E-state index in [1.807, 2.05) is 68.4 Å². The molecule has 0 aliphatic carbocycles. The highest BCUT2D eigenvalue weighted by atomic mass is 16.7. The van der Waals surface area contributed by atoms with Crippen LogP contribution >= 0.6 is 0 Å². The van der Waals surface area contributed by atoms with Crippen LogP contribution in [0, 0.1) is 6.92 Å². The summed E-state index contributed by atoms with van der Waals surface area (Å²) < 4.78 is 10.8. The fraction of sp³-hybridized carbons (Fsp3) is 0.259. The maximum absolute atomic E-state index is 13.4. The van der Waals surface area contributed by atoms with Crippen LogP contribution in [0.1, 0.15) is 30.0 Å². The second-order valence-corrected chi connectivity index (χ2v) is 8.15. The molecule has 0 spiro atoms. The van der Waals surface area contributed by atoms with E-state index in [4.69, 9.17) is 9.47 Å². The van der Waals surface area contributed by atoms with Gasteiger partial charge in [0.2, 0.25) is 18.6 Å². The van der Waals surface area contributed by atoms with E-state index in [2.05, 4.69) is 5.32 Å². The van der Waals surface area contributed by atoms with E-state index < -0.39 is 6.04 Å². The zero-order valence-electron chi connectivity index (χ0n) is 18.9. The molecule has 6 heteroatoms. The summed E-state index contributed by atoms with van der Waals surface area (Å²) in [5, 5.41) is 2.95. The minimum atomic E-state index is -0.618. The summed E-state index contributed by atoms with van der Waals surface area (Å²) in [5.41, 5.74) is 3.65. The van der Waals surface area contributed by atoms with Crippen LogP contribution in [0.3, 0.4) is 0 Å². The number of carbonyl (C=O) groups is 2. The number of anilines is 1. The molecule has 0 aromatic heterocycles. The molecule has 1 atom stereocenters. The Bertz CT molecular complexity index is 1110. The molecule has 0 saturated carbocycles. The normalized spacial score (nSPS) is 12.8. The molecule has 0 saturated heterocycles. The standard InChI is InChI=1S/C27H28N2O4/c1-3-23(27(31)28-22-13-14-24-25(16-22)33-18-32-24)29(17-21-11-9-19(2)10-12-21)26(30)15-20-7-5-4-6-8-20/h4-14,16,23H,3,15,17-18H2,1-2H3,(H,28,31). The van der Waals surface area contributed by atoms with E-state index in [1.54, 1.807) is 23.1 Å². The zero-order chi connectivity index (χ0) is 23.2. The molecule has 4 rings (SSSR count). The van der Waals surface area contributed by atoms with Gasteiger partial charge in [-0.3, -0.25) is 9.59 Å². The van der Waals surface area contributed by atoms with Gasteiger partial charge in [-0.25, -0.2) is 0 Å². The first-order valence-corrected chi connectivity index (χ1v) is 11.1. The second kappa shape index (κ2) is 10.2. The van der Waals surface area contributed by atoms with Gasteiger partial charge in [0.15, 0.2) is 11.5 Å². The Hall–Kier alpha value is -3.80. The van der Waals surface area contributed by atoms with Crippen LogP contribution in [-0.2, 0) is 22.6 Å². The van der Waals surface area contributed by atoms with Crippen LogP contribution in [0.25, 0.3) is 0 Å². The average Bonchev–Trinajstić information content (AvgIpc) is 3.29. The first-order valence-electron chi connectivity index (χ1n) is 11.1. The Balaban J connectivity index is 1.56. The van der Waals surface area contributed by atoms with Gasteiger partial charge in [-0.15, -0.1) is 0 Å². The summed E-state index contributed by atoms with van der Waals surface area (Å²) in [4.78, 5) is 28.4. The Labute approximate surface area is 194 Å². The number of aryl methyl sites for hydroxylation is 1. The number of hydrogen-bond acceptors (Lipinski definition) is 4. The molecular formula is C27H28N2O4. The summed E-state index contributed by atoms with van der Waals surface area (Å²) in [7, 11) is 0. The number of nitrogens with one attached hydrogen (secondary N) is 1. The van der Waals surface area contributed by atoms with Gasteiger partial charge < -0.3 is 19.7 Å². The lowest BCUT2D eigenvalue weighted by molar-refractivity contribution is -0.139. The van der Waals surface area contributed by atoms with Crippen molar-refractivity contribution in [2.45, 2.75) is 39.3 Å². The lowest BCUT2D eigenvalue weighted by Crippen LogP contribution is -2.47. The molecular weight excluding hydrogens is 416 g/mol. The van der Waals surface area contributed by atoms with Crippen molar-refractivity contribution >= 4 is 17.5 Å².